The van der Waals surface area contributed by atoms with Crippen LogP contribution in [0.4, 0.5) is 19.0 Å². The fourth-order valence-corrected chi connectivity index (χ4v) is 2.14. The molecule has 1 amide bonds. The van der Waals surface area contributed by atoms with E-state index in [0.717, 1.165) is 4.47 Å². The van der Waals surface area contributed by atoms with Gasteiger partial charge in [0, 0.05) is 29.8 Å². The van der Waals surface area contributed by atoms with E-state index < -0.39 is 18.1 Å². The molecule has 1 atom stereocenters. The number of nitrogens with zero attached hydrogens (tertiary/aromatic N) is 2. The molecule has 0 unspecified atom stereocenters. The van der Waals surface area contributed by atoms with Crippen LogP contribution in [0.1, 0.15) is 6.42 Å². The van der Waals surface area contributed by atoms with Gasteiger partial charge in [0.2, 0.25) is 0 Å². The summed E-state index contributed by atoms with van der Waals surface area (Å²) in [6.07, 6.45) is -2.74. The first kappa shape index (κ1) is 14.1. The minimum atomic E-state index is -4.83. The van der Waals surface area contributed by atoms with Crippen molar-refractivity contribution in [3.8, 4) is 0 Å². The number of alkyl halides is 3. The van der Waals surface area contributed by atoms with Crippen LogP contribution in [0.2, 0.25) is 0 Å². The molecule has 2 rings (SSSR count). The zero-order valence-electron chi connectivity index (χ0n) is 9.75. The van der Waals surface area contributed by atoms with Crippen LogP contribution >= 0.6 is 15.9 Å². The van der Waals surface area contributed by atoms with Gasteiger partial charge in [0.05, 0.1) is 0 Å². The number of anilines is 1. The summed E-state index contributed by atoms with van der Waals surface area (Å²) in [5.74, 6) is -1.20. The van der Waals surface area contributed by atoms with Crippen molar-refractivity contribution in [3.05, 3.63) is 22.8 Å². The van der Waals surface area contributed by atoms with Crippen LogP contribution in [0, 0.1) is 0 Å². The van der Waals surface area contributed by atoms with E-state index in [-0.39, 0.29) is 0 Å². The Labute approximate surface area is 116 Å². The predicted octanol–water partition coefficient (Wildman–Crippen LogP) is 2.10. The minimum Gasteiger partial charge on any atom is -0.354 e. The van der Waals surface area contributed by atoms with E-state index >= 15 is 0 Å². The fraction of sp³-hybridized carbons (Fsp3) is 0.455. The second-order valence-electron chi connectivity index (χ2n) is 4.24. The zero-order valence-corrected chi connectivity index (χ0v) is 11.3. The van der Waals surface area contributed by atoms with Crippen molar-refractivity contribution in [1.82, 2.24) is 10.3 Å². The number of hydrogen-bond acceptors (Lipinski definition) is 3. The van der Waals surface area contributed by atoms with E-state index in [1.54, 1.807) is 12.3 Å². The van der Waals surface area contributed by atoms with Crippen molar-refractivity contribution in [2.45, 2.75) is 18.6 Å². The Kier molecular flexibility index (Phi) is 3.98. The topological polar surface area (TPSA) is 45.2 Å². The Morgan fingerprint density at radius 2 is 2.21 bits per heavy atom. The summed E-state index contributed by atoms with van der Waals surface area (Å²) >= 11 is 3.26. The molecule has 1 aromatic rings. The second-order valence-corrected chi connectivity index (χ2v) is 5.15. The monoisotopic (exact) mass is 337 g/mol. The Morgan fingerprint density at radius 1 is 1.47 bits per heavy atom. The molecule has 1 aliphatic rings. The van der Waals surface area contributed by atoms with Gasteiger partial charge in [0.1, 0.15) is 5.82 Å². The van der Waals surface area contributed by atoms with Crippen molar-refractivity contribution in [3.63, 3.8) is 0 Å². The van der Waals surface area contributed by atoms with Crippen molar-refractivity contribution < 1.29 is 18.0 Å². The Morgan fingerprint density at radius 3 is 2.79 bits per heavy atom. The lowest BCUT2D eigenvalue weighted by Crippen LogP contribution is -2.44. The minimum absolute atomic E-state index is 0.330. The number of aromatic nitrogens is 1. The largest absolute Gasteiger partial charge is 0.471 e. The van der Waals surface area contributed by atoms with Gasteiger partial charge in [-0.25, -0.2) is 4.98 Å². The van der Waals surface area contributed by atoms with E-state index in [1.165, 1.54) is 0 Å². The highest BCUT2D eigenvalue weighted by Crippen LogP contribution is 2.21. The SMILES string of the molecule is O=C(N[C@@H]1CCN(c2ccc(Br)cn2)C1)C(F)(F)F. The Hall–Kier alpha value is -1.31. The van der Waals surface area contributed by atoms with Crippen LogP contribution in [-0.4, -0.2) is 36.2 Å². The van der Waals surface area contributed by atoms with Gasteiger partial charge in [-0.3, -0.25) is 4.79 Å². The van der Waals surface area contributed by atoms with Crippen molar-refractivity contribution in [2.24, 2.45) is 0 Å². The number of nitrogens with one attached hydrogen (secondary N) is 1. The summed E-state index contributed by atoms with van der Waals surface area (Å²) in [7, 11) is 0. The van der Waals surface area contributed by atoms with Gasteiger partial charge in [-0.15, -0.1) is 0 Å². The molecule has 0 bridgehead atoms. The molecule has 1 saturated heterocycles. The van der Waals surface area contributed by atoms with Crippen molar-refractivity contribution >= 4 is 27.7 Å². The summed E-state index contributed by atoms with van der Waals surface area (Å²) in [6, 6.07) is 3.08. The standard InChI is InChI=1S/C11H11BrF3N3O/c12-7-1-2-9(16-5-7)18-4-3-8(6-18)17-10(19)11(13,14)15/h1-2,5,8H,3-4,6H2,(H,17,19)/t8-/m1/s1. The normalized spacial score (nSPS) is 19.6. The Bertz CT molecular complexity index is 463. The summed E-state index contributed by atoms with van der Waals surface area (Å²) in [6.45, 7) is 0.897. The molecule has 19 heavy (non-hydrogen) atoms. The summed E-state index contributed by atoms with van der Waals surface area (Å²) in [5, 5.41) is 1.99. The lowest BCUT2D eigenvalue weighted by atomic mass is 10.2. The molecule has 1 N–H and O–H groups in total. The maximum Gasteiger partial charge on any atom is 0.471 e. The van der Waals surface area contributed by atoms with E-state index in [9.17, 15) is 18.0 Å². The van der Waals surface area contributed by atoms with E-state index in [1.807, 2.05) is 16.3 Å². The van der Waals surface area contributed by atoms with Gasteiger partial charge in [-0.05, 0) is 34.5 Å². The number of carbonyl (C=O) groups is 1. The smallest absolute Gasteiger partial charge is 0.354 e. The van der Waals surface area contributed by atoms with Gasteiger partial charge in [-0.2, -0.15) is 13.2 Å². The lowest BCUT2D eigenvalue weighted by Gasteiger charge is -2.18. The third-order valence-corrected chi connectivity index (χ3v) is 3.29. The van der Waals surface area contributed by atoms with Crippen molar-refractivity contribution in [1.29, 1.82) is 0 Å². The van der Waals surface area contributed by atoms with Gasteiger partial charge < -0.3 is 10.2 Å². The highest BCUT2D eigenvalue weighted by atomic mass is 79.9. The van der Waals surface area contributed by atoms with Crippen LogP contribution < -0.4 is 10.2 Å². The molecule has 0 spiro atoms. The van der Waals surface area contributed by atoms with Crippen LogP contribution in [0.3, 0.4) is 0 Å². The molecule has 104 valence electrons. The number of rotatable bonds is 2. The highest BCUT2D eigenvalue weighted by molar-refractivity contribution is 9.10. The molecule has 1 aliphatic heterocycles. The number of halogens is 4. The Balaban J connectivity index is 1.93. The molecule has 0 aliphatic carbocycles. The molecule has 4 nitrogen and oxygen atoms in total. The third kappa shape index (κ3) is 3.59. The summed E-state index contributed by atoms with van der Waals surface area (Å²) in [4.78, 5) is 16.8. The number of pyridine rings is 1. The van der Waals surface area contributed by atoms with Crippen LogP contribution in [0.15, 0.2) is 22.8 Å². The second kappa shape index (κ2) is 5.36. The first-order valence-electron chi connectivity index (χ1n) is 5.60. The quantitative estimate of drug-likeness (QED) is 0.898. The molecule has 0 saturated carbocycles. The maximum absolute atomic E-state index is 12.1. The molecule has 1 aromatic heterocycles. The maximum atomic E-state index is 12.1. The average molecular weight is 338 g/mol. The van der Waals surface area contributed by atoms with Crippen LogP contribution in [0.5, 0.6) is 0 Å². The molecule has 1 fully saturated rings. The van der Waals surface area contributed by atoms with E-state index in [0.29, 0.717) is 25.3 Å². The molecular formula is C11H11BrF3N3O. The summed E-state index contributed by atoms with van der Waals surface area (Å²) in [5.41, 5.74) is 0. The number of amides is 1. The van der Waals surface area contributed by atoms with E-state index in [4.69, 9.17) is 0 Å². The molecular weight excluding hydrogens is 327 g/mol. The van der Waals surface area contributed by atoms with E-state index in [2.05, 4.69) is 20.9 Å². The van der Waals surface area contributed by atoms with Gasteiger partial charge >= 0.3 is 12.1 Å². The highest BCUT2D eigenvalue weighted by Gasteiger charge is 2.40. The fourth-order valence-electron chi connectivity index (χ4n) is 1.91. The zero-order chi connectivity index (χ0) is 14.0. The first-order chi connectivity index (χ1) is 8.86. The van der Waals surface area contributed by atoms with Gasteiger partial charge in [0.15, 0.2) is 0 Å². The third-order valence-electron chi connectivity index (χ3n) is 2.82. The number of carbonyl (C=O) groups excluding carboxylic acids is 1. The van der Waals surface area contributed by atoms with Gasteiger partial charge in [-0.1, -0.05) is 0 Å². The van der Waals surface area contributed by atoms with Crippen LogP contribution in [-0.2, 0) is 4.79 Å². The molecule has 2 heterocycles. The molecule has 0 radical (unpaired) electrons. The lowest BCUT2D eigenvalue weighted by molar-refractivity contribution is -0.174. The average Bonchev–Trinajstić information content (AvgIpc) is 2.77. The molecule has 8 heteroatoms. The van der Waals surface area contributed by atoms with Gasteiger partial charge in [0.25, 0.3) is 0 Å². The number of hydrogen-bond donors (Lipinski definition) is 1. The van der Waals surface area contributed by atoms with Crippen molar-refractivity contribution in [2.75, 3.05) is 18.0 Å². The predicted molar refractivity (Wildman–Crippen MR) is 66.8 cm³/mol. The summed E-state index contributed by atoms with van der Waals surface area (Å²) < 4.78 is 37.2. The first-order valence-corrected chi connectivity index (χ1v) is 6.40. The van der Waals surface area contributed by atoms with Crippen LogP contribution in [0.25, 0.3) is 0 Å². The molecule has 0 aromatic carbocycles.